The van der Waals surface area contributed by atoms with E-state index in [0.717, 1.165) is 10.9 Å². The quantitative estimate of drug-likeness (QED) is 0.707. The topological polar surface area (TPSA) is 61.0 Å². The predicted molar refractivity (Wildman–Crippen MR) is 50.5 cm³/mol. The van der Waals surface area contributed by atoms with Crippen molar-refractivity contribution in [2.75, 3.05) is 12.8 Å². The minimum absolute atomic E-state index is 0.302. The van der Waals surface area contributed by atoms with Gasteiger partial charge in [-0.25, -0.2) is 0 Å². The van der Waals surface area contributed by atoms with Gasteiger partial charge in [0.2, 0.25) is 0 Å². The molecule has 1 aromatic heterocycles. The van der Waals surface area contributed by atoms with Crippen molar-refractivity contribution < 1.29 is 4.74 Å². The number of ether oxygens (including phenoxy) is 1. The van der Waals surface area contributed by atoms with Gasteiger partial charge in [0.1, 0.15) is 5.82 Å². The minimum atomic E-state index is 0.302. The Bertz CT molecular complexity index is 442. The molecule has 0 saturated heterocycles. The molecule has 2 aromatic rings. The predicted octanol–water partition coefficient (Wildman–Crippen LogP) is 1.22. The summed E-state index contributed by atoms with van der Waals surface area (Å²) < 4.78 is 4.90. The zero-order valence-corrected chi connectivity index (χ0v) is 7.19. The van der Waals surface area contributed by atoms with Crippen molar-refractivity contribution >= 4 is 16.7 Å². The summed E-state index contributed by atoms with van der Waals surface area (Å²) in [6, 6.07) is 7.85. The molecule has 0 unspecified atom stereocenters. The van der Waals surface area contributed by atoms with Crippen LogP contribution in [0.2, 0.25) is 0 Å². The van der Waals surface area contributed by atoms with Gasteiger partial charge in [0.25, 0.3) is 0 Å². The van der Waals surface area contributed by atoms with Gasteiger partial charge in [0, 0.05) is 5.39 Å². The summed E-state index contributed by atoms with van der Waals surface area (Å²) in [4.78, 5) is 8.11. The Hall–Kier alpha value is -1.84. The molecule has 0 radical (unpaired) electrons. The summed E-state index contributed by atoms with van der Waals surface area (Å²) in [6.07, 6.45) is 0. The lowest BCUT2D eigenvalue weighted by Gasteiger charge is -2.02. The molecule has 0 spiro atoms. The normalized spacial score (nSPS) is 10.2. The highest BCUT2D eigenvalue weighted by Gasteiger charge is 2.02. The SMILES string of the molecule is COc1nc(N)c2ccccc2n1. The number of fused-ring (bicyclic) bond motifs is 1. The molecular weight excluding hydrogens is 166 g/mol. The molecule has 4 nitrogen and oxygen atoms in total. The van der Waals surface area contributed by atoms with Gasteiger partial charge in [-0.3, -0.25) is 0 Å². The molecule has 0 aliphatic carbocycles. The number of nitrogens with two attached hydrogens (primary N) is 1. The molecule has 0 bridgehead atoms. The second kappa shape index (κ2) is 2.90. The lowest BCUT2D eigenvalue weighted by molar-refractivity contribution is 0.382. The lowest BCUT2D eigenvalue weighted by Crippen LogP contribution is -1.98. The number of hydrogen-bond donors (Lipinski definition) is 1. The Labute approximate surface area is 75.4 Å². The molecule has 0 fully saturated rings. The Kier molecular flexibility index (Phi) is 1.73. The van der Waals surface area contributed by atoms with Gasteiger partial charge in [-0.15, -0.1) is 0 Å². The third kappa shape index (κ3) is 1.26. The van der Waals surface area contributed by atoms with Crippen molar-refractivity contribution in [1.29, 1.82) is 0 Å². The molecule has 4 heteroatoms. The summed E-state index contributed by atoms with van der Waals surface area (Å²) >= 11 is 0. The first-order valence-electron chi connectivity index (χ1n) is 3.87. The summed E-state index contributed by atoms with van der Waals surface area (Å²) in [5.41, 5.74) is 6.50. The molecule has 66 valence electrons. The Balaban J connectivity index is 2.77. The van der Waals surface area contributed by atoms with Crippen LogP contribution in [0.3, 0.4) is 0 Å². The van der Waals surface area contributed by atoms with E-state index in [0.29, 0.717) is 11.8 Å². The van der Waals surface area contributed by atoms with Crippen LogP contribution in [0.5, 0.6) is 6.01 Å². The molecule has 13 heavy (non-hydrogen) atoms. The standard InChI is InChI=1S/C9H9N3O/c1-13-9-11-7-5-3-2-4-6(7)8(10)12-9/h2-5H,1H3,(H2,10,11,12). The van der Waals surface area contributed by atoms with Crippen molar-refractivity contribution in [3.63, 3.8) is 0 Å². The highest BCUT2D eigenvalue weighted by atomic mass is 16.5. The van der Waals surface area contributed by atoms with E-state index in [9.17, 15) is 0 Å². The van der Waals surface area contributed by atoms with Gasteiger partial charge in [0.15, 0.2) is 0 Å². The van der Waals surface area contributed by atoms with Crippen LogP contribution in [0.25, 0.3) is 10.9 Å². The molecule has 0 atom stereocenters. The van der Waals surface area contributed by atoms with Gasteiger partial charge in [-0.05, 0) is 12.1 Å². The third-order valence-electron chi connectivity index (χ3n) is 1.79. The fraction of sp³-hybridized carbons (Fsp3) is 0.111. The Morgan fingerprint density at radius 1 is 1.23 bits per heavy atom. The number of rotatable bonds is 1. The van der Waals surface area contributed by atoms with E-state index >= 15 is 0 Å². The molecule has 0 aliphatic rings. The number of nitrogen functional groups attached to an aromatic ring is 1. The van der Waals surface area contributed by atoms with Crippen LogP contribution < -0.4 is 10.5 Å². The number of nitrogens with zero attached hydrogens (tertiary/aromatic N) is 2. The minimum Gasteiger partial charge on any atom is -0.467 e. The maximum atomic E-state index is 5.70. The largest absolute Gasteiger partial charge is 0.467 e. The maximum absolute atomic E-state index is 5.70. The van der Waals surface area contributed by atoms with E-state index in [1.54, 1.807) is 0 Å². The molecule has 0 aliphatic heterocycles. The van der Waals surface area contributed by atoms with Gasteiger partial charge in [0.05, 0.1) is 12.6 Å². The smallest absolute Gasteiger partial charge is 0.318 e. The molecule has 1 aromatic carbocycles. The van der Waals surface area contributed by atoms with Crippen LogP contribution in [0.1, 0.15) is 0 Å². The lowest BCUT2D eigenvalue weighted by atomic mass is 10.2. The zero-order chi connectivity index (χ0) is 9.26. The van der Waals surface area contributed by atoms with E-state index < -0.39 is 0 Å². The number of methoxy groups -OCH3 is 1. The summed E-state index contributed by atoms with van der Waals surface area (Å²) in [5.74, 6) is 0.447. The first kappa shape index (κ1) is 7.79. The molecule has 0 saturated carbocycles. The first-order chi connectivity index (χ1) is 6.31. The monoisotopic (exact) mass is 175 g/mol. The number of hydrogen-bond acceptors (Lipinski definition) is 4. The number of benzene rings is 1. The second-order valence-electron chi connectivity index (χ2n) is 2.61. The van der Waals surface area contributed by atoms with E-state index in [4.69, 9.17) is 10.5 Å². The molecule has 2 rings (SSSR count). The van der Waals surface area contributed by atoms with Crippen molar-refractivity contribution in [2.45, 2.75) is 0 Å². The van der Waals surface area contributed by atoms with Crippen LogP contribution in [-0.2, 0) is 0 Å². The molecule has 2 N–H and O–H groups in total. The Morgan fingerprint density at radius 3 is 2.77 bits per heavy atom. The highest BCUT2D eigenvalue weighted by molar-refractivity contribution is 5.87. The van der Waals surface area contributed by atoms with Crippen molar-refractivity contribution in [3.8, 4) is 6.01 Å². The van der Waals surface area contributed by atoms with Crippen molar-refractivity contribution in [2.24, 2.45) is 0 Å². The number of para-hydroxylation sites is 1. The van der Waals surface area contributed by atoms with E-state index in [-0.39, 0.29) is 0 Å². The fourth-order valence-corrected chi connectivity index (χ4v) is 1.17. The second-order valence-corrected chi connectivity index (χ2v) is 2.61. The van der Waals surface area contributed by atoms with Crippen molar-refractivity contribution in [3.05, 3.63) is 24.3 Å². The number of aromatic nitrogens is 2. The van der Waals surface area contributed by atoms with Crippen LogP contribution >= 0.6 is 0 Å². The van der Waals surface area contributed by atoms with Crippen LogP contribution in [0.15, 0.2) is 24.3 Å². The van der Waals surface area contributed by atoms with Crippen LogP contribution in [0.4, 0.5) is 5.82 Å². The molecular formula is C9H9N3O. The maximum Gasteiger partial charge on any atom is 0.318 e. The van der Waals surface area contributed by atoms with Crippen LogP contribution in [-0.4, -0.2) is 17.1 Å². The first-order valence-corrected chi connectivity index (χ1v) is 3.87. The molecule has 0 amide bonds. The number of anilines is 1. The van der Waals surface area contributed by atoms with Crippen LogP contribution in [0, 0.1) is 0 Å². The van der Waals surface area contributed by atoms with Gasteiger partial charge >= 0.3 is 6.01 Å². The van der Waals surface area contributed by atoms with Gasteiger partial charge < -0.3 is 10.5 Å². The van der Waals surface area contributed by atoms with E-state index in [1.807, 2.05) is 24.3 Å². The van der Waals surface area contributed by atoms with Gasteiger partial charge in [-0.1, -0.05) is 12.1 Å². The zero-order valence-electron chi connectivity index (χ0n) is 7.19. The highest BCUT2D eigenvalue weighted by Crippen LogP contribution is 2.19. The summed E-state index contributed by atoms with van der Waals surface area (Å²) in [5, 5.41) is 0.850. The van der Waals surface area contributed by atoms with E-state index in [2.05, 4.69) is 9.97 Å². The molecule has 1 heterocycles. The van der Waals surface area contributed by atoms with Gasteiger partial charge in [-0.2, -0.15) is 9.97 Å². The summed E-state index contributed by atoms with van der Waals surface area (Å²) in [6.45, 7) is 0. The average Bonchev–Trinajstić information content (AvgIpc) is 2.18. The Morgan fingerprint density at radius 2 is 2.00 bits per heavy atom. The average molecular weight is 175 g/mol. The van der Waals surface area contributed by atoms with E-state index in [1.165, 1.54) is 7.11 Å². The summed E-state index contributed by atoms with van der Waals surface area (Å²) in [7, 11) is 1.52. The third-order valence-corrected chi connectivity index (χ3v) is 1.79. The fourth-order valence-electron chi connectivity index (χ4n) is 1.17. The van der Waals surface area contributed by atoms with Crippen molar-refractivity contribution in [1.82, 2.24) is 9.97 Å².